The zero-order valence-corrected chi connectivity index (χ0v) is 16.2. The Kier molecular flexibility index (Phi) is 7.28. The molecule has 1 aromatic heterocycles. The maximum absolute atomic E-state index is 12.1. The van der Waals surface area contributed by atoms with Gasteiger partial charge in [-0.05, 0) is 48.6 Å². The first-order valence-corrected chi connectivity index (χ1v) is 9.29. The number of hydrogen-bond donors (Lipinski definition) is 3. The Morgan fingerprint density at radius 3 is 2.72 bits per heavy atom. The highest BCUT2D eigenvalue weighted by Crippen LogP contribution is 2.22. The molecule has 0 saturated heterocycles. The fourth-order valence-corrected chi connectivity index (χ4v) is 3.24. The lowest BCUT2D eigenvalue weighted by Gasteiger charge is -2.12. The average Bonchev–Trinajstić information content (AvgIpc) is 3.00. The number of nitrogens with zero attached hydrogens (tertiary/aromatic N) is 1. The molecule has 0 saturated carbocycles. The summed E-state index contributed by atoms with van der Waals surface area (Å²) < 4.78 is 0. The normalized spacial score (nSPS) is 11.3. The number of guanidine groups is 1. The first-order valence-electron chi connectivity index (χ1n) is 8.03. The van der Waals surface area contributed by atoms with Gasteiger partial charge in [0.05, 0.1) is 6.54 Å². The maximum atomic E-state index is 12.1. The highest BCUT2D eigenvalue weighted by molar-refractivity contribution is 7.10. The second kappa shape index (κ2) is 9.44. The predicted molar refractivity (Wildman–Crippen MR) is 107 cm³/mol. The van der Waals surface area contributed by atoms with E-state index in [-0.39, 0.29) is 5.91 Å². The van der Waals surface area contributed by atoms with Gasteiger partial charge < -0.3 is 16.0 Å². The van der Waals surface area contributed by atoms with Crippen LogP contribution >= 0.6 is 22.9 Å². The summed E-state index contributed by atoms with van der Waals surface area (Å²) in [6, 6.07) is 7.57. The summed E-state index contributed by atoms with van der Waals surface area (Å²) in [4.78, 5) is 17.5. The summed E-state index contributed by atoms with van der Waals surface area (Å²) in [5.74, 6) is 0.613. The number of anilines is 1. The van der Waals surface area contributed by atoms with Gasteiger partial charge in [-0.15, -0.1) is 11.3 Å². The van der Waals surface area contributed by atoms with E-state index in [1.807, 2.05) is 19.1 Å². The van der Waals surface area contributed by atoms with E-state index in [0.717, 1.165) is 17.8 Å². The molecule has 0 bridgehead atoms. The van der Waals surface area contributed by atoms with E-state index < -0.39 is 0 Å². The molecule has 7 heteroatoms. The molecule has 0 spiro atoms. The molecule has 1 amide bonds. The van der Waals surface area contributed by atoms with Gasteiger partial charge in [-0.25, -0.2) is 0 Å². The number of nitrogens with one attached hydrogen (secondary N) is 3. The smallest absolute Gasteiger partial charge is 0.226 e. The Morgan fingerprint density at radius 2 is 2.04 bits per heavy atom. The molecular weight excluding hydrogens is 356 g/mol. The topological polar surface area (TPSA) is 65.5 Å². The maximum Gasteiger partial charge on any atom is 0.226 e. The first-order chi connectivity index (χ1) is 12.0. The Morgan fingerprint density at radius 1 is 1.24 bits per heavy atom. The molecule has 1 aromatic carbocycles. The largest absolute Gasteiger partial charge is 0.356 e. The van der Waals surface area contributed by atoms with Gasteiger partial charge in [-0.2, -0.15) is 0 Å². The van der Waals surface area contributed by atoms with Crippen LogP contribution in [0.3, 0.4) is 0 Å². The highest BCUT2D eigenvalue weighted by atomic mass is 35.5. The van der Waals surface area contributed by atoms with Crippen LogP contribution in [0, 0.1) is 13.8 Å². The lowest BCUT2D eigenvalue weighted by atomic mass is 10.2. The second-order valence-electron chi connectivity index (χ2n) is 5.59. The van der Waals surface area contributed by atoms with E-state index >= 15 is 0 Å². The van der Waals surface area contributed by atoms with E-state index in [1.165, 1.54) is 10.4 Å². The Labute approximate surface area is 157 Å². The number of amides is 1. The summed E-state index contributed by atoms with van der Waals surface area (Å²) in [6.07, 6.45) is 0.338. The quantitative estimate of drug-likeness (QED) is 0.530. The fraction of sp³-hybridized carbons (Fsp3) is 0.333. The molecule has 0 atom stereocenters. The number of hydrogen-bond acceptors (Lipinski definition) is 3. The predicted octanol–water partition coefficient (Wildman–Crippen LogP) is 3.71. The number of rotatable bonds is 6. The zero-order chi connectivity index (χ0) is 18.2. The minimum absolute atomic E-state index is 0.0672. The van der Waals surface area contributed by atoms with Crippen molar-refractivity contribution in [2.24, 2.45) is 4.99 Å². The van der Waals surface area contributed by atoms with Crippen molar-refractivity contribution in [1.82, 2.24) is 10.6 Å². The van der Waals surface area contributed by atoms with E-state index in [0.29, 0.717) is 23.9 Å². The third-order valence-corrected chi connectivity index (χ3v) is 5.23. The van der Waals surface area contributed by atoms with Gasteiger partial charge in [0.1, 0.15) is 0 Å². The van der Waals surface area contributed by atoms with E-state index in [4.69, 9.17) is 11.6 Å². The minimum atomic E-state index is -0.0672. The summed E-state index contributed by atoms with van der Waals surface area (Å²) in [7, 11) is 1.71. The van der Waals surface area contributed by atoms with Gasteiger partial charge >= 0.3 is 0 Å². The van der Waals surface area contributed by atoms with Crippen LogP contribution in [-0.4, -0.2) is 25.5 Å². The lowest BCUT2D eigenvalue weighted by Crippen LogP contribution is -2.38. The van der Waals surface area contributed by atoms with Gasteiger partial charge in [0.2, 0.25) is 5.91 Å². The van der Waals surface area contributed by atoms with Crippen LogP contribution in [0.25, 0.3) is 0 Å². The summed E-state index contributed by atoms with van der Waals surface area (Å²) in [6.45, 7) is 5.19. The van der Waals surface area contributed by atoms with Crippen LogP contribution < -0.4 is 16.0 Å². The molecule has 0 unspecified atom stereocenters. The second-order valence-corrected chi connectivity index (χ2v) is 7.00. The molecule has 2 aromatic rings. The van der Waals surface area contributed by atoms with Crippen LogP contribution in [0.2, 0.25) is 5.02 Å². The molecule has 0 aliphatic heterocycles. The zero-order valence-electron chi connectivity index (χ0n) is 14.6. The highest BCUT2D eigenvalue weighted by Gasteiger charge is 2.07. The minimum Gasteiger partial charge on any atom is -0.356 e. The van der Waals surface area contributed by atoms with Crippen molar-refractivity contribution in [2.75, 3.05) is 18.9 Å². The molecule has 0 radical (unpaired) electrons. The SMILES string of the molecule is CN=C(NCCC(=O)Nc1cccc(Cl)c1C)NCc1sccc1C. The standard InChI is InChI=1S/C18H23ClN4OS/c1-12-8-10-25-16(12)11-22-18(20-3)21-9-7-17(24)23-15-6-4-5-14(19)13(15)2/h4-6,8,10H,7,9,11H2,1-3H3,(H,23,24)(H2,20,21,22). The molecule has 0 aliphatic rings. The summed E-state index contributed by atoms with van der Waals surface area (Å²) in [5, 5.41) is 12.0. The number of halogens is 1. The molecule has 5 nitrogen and oxygen atoms in total. The molecule has 0 fully saturated rings. The molecular formula is C18H23ClN4OS. The molecule has 1 heterocycles. The van der Waals surface area contributed by atoms with Crippen molar-refractivity contribution in [1.29, 1.82) is 0 Å². The van der Waals surface area contributed by atoms with Gasteiger partial charge in [-0.1, -0.05) is 17.7 Å². The van der Waals surface area contributed by atoms with Crippen molar-refractivity contribution < 1.29 is 4.79 Å². The Balaban J connectivity index is 1.75. The lowest BCUT2D eigenvalue weighted by molar-refractivity contribution is -0.116. The number of benzene rings is 1. The Bertz CT molecular complexity index is 757. The number of thiophene rings is 1. The van der Waals surface area contributed by atoms with E-state index in [9.17, 15) is 4.79 Å². The van der Waals surface area contributed by atoms with E-state index in [2.05, 4.69) is 39.3 Å². The van der Waals surface area contributed by atoms with Crippen LogP contribution in [-0.2, 0) is 11.3 Å². The average molecular weight is 379 g/mol. The molecule has 25 heavy (non-hydrogen) atoms. The van der Waals surface area contributed by atoms with Gasteiger partial charge in [-0.3, -0.25) is 9.79 Å². The fourth-order valence-electron chi connectivity index (χ4n) is 2.22. The number of carbonyl (C=O) groups excluding carboxylic acids is 1. The summed E-state index contributed by atoms with van der Waals surface area (Å²) >= 11 is 7.78. The van der Waals surface area contributed by atoms with E-state index in [1.54, 1.807) is 24.5 Å². The van der Waals surface area contributed by atoms with Gasteiger partial charge in [0.15, 0.2) is 5.96 Å². The molecule has 134 valence electrons. The third kappa shape index (κ3) is 5.76. The molecule has 2 rings (SSSR count). The van der Waals surface area contributed by atoms with Crippen molar-refractivity contribution in [3.63, 3.8) is 0 Å². The van der Waals surface area contributed by atoms with Crippen LogP contribution in [0.5, 0.6) is 0 Å². The summed E-state index contributed by atoms with van der Waals surface area (Å²) in [5.41, 5.74) is 2.88. The molecule has 3 N–H and O–H groups in total. The third-order valence-electron chi connectivity index (χ3n) is 3.79. The van der Waals surface area contributed by atoms with Crippen molar-refractivity contribution in [3.8, 4) is 0 Å². The molecule has 0 aliphatic carbocycles. The number of carbonyl (C=O) groups is 1. The van der Waals surface area contributed by atoms with Gasteiger partial charge in [0, 0.05) is 35.6 Å². The van der Waals surface area contributed by atoms with Crippen LogP contribution in [0.4, 0.5) is 5.69 Å². The Hall–Kier alpha value is -2.05. The van der Waals surface area contributed by atoms with Crippen LogP contribution in [0.1, 0.15) is 22.4 Å². The van der Waals surface area contributed by atoms with Crippen molar-refractivity contribution in [2.45, 2.75) is 26.8 Å². The monoisotopic (exact) mass is 378 g/mol. The van der Waals surface area contributed by atoms with Crippen molar-refractivity contribution >= 4 is 40.5 Å². The van der Waals surface area contributed by atoms with Crippen molar-refractivity contribution in [3.05, 3.63) is 50.7 Å². The number of aliphatic imine (C=N–C) groups is 1. The van der Waals surface area contributed by atoms with Gasteiger partial charge in [0.25, 0.3) is 0 Å². The number of aryl methyl sites for hydroxylation is 1. The van der Waals surface area contributed by atoms with Crippen LogP contribution in [0.15, 0.2) is 34.6 Å². The first kappa shape index (κ1) is 19.3.